The Hall–Kier alpha value is -3.32. The molecule has 0 bridgehead atoms. The Balaban J connectivity index is 1.54. The minimum atomic E-state index is -0.461. The highest BCUT2D eigenvalue weighted by molar-refractivity contribution is 8.18. The monoisotopic (exact) mass is 408 g/mol. The van der Waals surface area contributed by atoms with Gasteiger partial charge in [-0.3, -0.25) is 19.3 Å². The summed E-state index contributed by atoms with van der Waals surface area (Å²) in [5.41, 5.74) is 1.88. The quantitative estimate of drug-likeness (QED) is 0.709. The summed E-state index contributed by atoms with van der Waals surface area (Å²) in [5, 5.41) is 2.27. The van der Waals surface area contributed by atoms with Gasteiger partial charge in [-0.1, -0.05) is 54.6 Å². The summed E-state index contributed by atoms with van der Waals surface area (Å²) >= 11 is 0.831. The van der Waals surface area contributed by atoms with Crippen LogP contribution in [0.15, 0.2) is 71.7 Å². The summed E-state index contributed by atoms with van der Waals surface area (Å²) in [6.07, 6.45) is 5.15. The number of benzene rings is 2. The number of methoxy groups -OCH3 is 1. The van der Waals surface area contributed by atoms with E-state index < -0.39 is 17.1 Å². The van der Waals surface area contributed by atoms with E-state index >= 15 is 0 Å². The van der Waals surface area contributed by atoms with Gasteiger partial charge in [0.1, 0.15) is 12.3 Å². The minimum Gasteiger partial charge on any atom is -0.497 e. The van der Waals surface area contributed by atoms with Crippen molar-refractivity contribution in [3.8, 4) is 5.75 Å². The molecule has 1 aliphatic heterocycles. The third kappa shape index (κ3) is 5.58. The van der Waals surface area contributed by atoms with Gasteiger partial charge in [0.2, 0.25) is 5.91 Å². The topological polar surface area (TPSA) is 75.7 Å². The first kappa shape index (κ1) is 20.4. The summed E-state index contributed by atoms with van der Waals surface area (Å²) in [7, 11) is 1.58. The van der Waals surface area contributed by atoms with Crippen molar-refractivity contribution in [3.63, 3.8) is 0 Å². The van der Waals surface area contributed by atoms with Gasteiger partial charge in [-0.15, -0.1) is 0 Å². The van der Waals surface area contributed by atoms with E-state index in [1.807, 2.05) is 48.5 Å². The average molecular weight is 408 g/mol. The highest BCUT2D eigenvalue weighted by Crippen LogP contribution is 2.30. The van der Waals surface area contributed by atoms with Crippen LogP contribution in [0.3, 0.4) is 0 Å². The molecule has 0 spiro atoms. The number of allylic oxidation sites excluding steroid dienone is 2. The summed E-state index contributed by atoms with van der Waals surface area (Å²) in [6, 6.07) is 16.9. The molecular weight excluding hydrogens is 388 g/mol. The number of carbonyl (C=O) groups excluding carboxylic acids is 3. The molecule has 1 N–H and O–H groups in total. The highest BCUT2D eigenvalue weighted by atomic mass is 32.2. The molecule has 3 rings (SSSR count). The van der Waals surface area contributed by atoms with Gasteiger partial charge in [-0.2, -0.15) is 0 Å². The Morgan fingerprint density at radius 3 is 2.52 bits per heavy atom. The lowest BCUT2D eigenvalue weighted by Crippen LogP contribution is -2.39. The normalized spacial score (nSPS) is 15.3. The fourth-order valence-corrected chi connectivity index (χ4v) is 3.39. The molecule has 0 unspecified atom stereocenters. The first-order valence-corrected chi connectivity index (χ1v) is 9.75. The molecule has 0 aliphatic carbocycles. The lowest BCUT2D eigenvalue weighted by atomic mass is 10.2. The number of amides is 3. The molecule has 1 heterocycles. The number of nitrogens with zero attached hydrogens (tertiary/aromatic N) is 1. The summed E-state index contributed by atoms with van der Waals surface area (Å²) < 4.78 is 5.09. The van der Waals surface area contributed by atoms with E-state index in [1.165, 1.54) is 0 Å². The Kier molecular flexibility index (Phi) is 6.86. The van der Waals surface area contributed by atoms with Crippen LogP contribution in [0.2, 0.25) is 0 Å². The van der Waals surface area contributed by atoms with E-state index in [1.54, 1.807) is 31.4 Å². The fraction of sp³-hybridized carbons (Fsp3) is 0.136. The van der Waals surface area contributed by atoms with E-state index in [0.717, 1.165) is 33.5 Å². The maximum Gasteiger partial charge on any atom is 0.294 e. The minimum absolute atomic E-state index is 0.296. The number of ether oxygens (including phenoxy) is 1. The molecule has 1 aliphatic rings. The molecule has 148 valence electrons. The van der Waals surface area contributed by atoms with Crippen LogP contribution < -0.4 is 10.1 Å². The van der Waals surface area contributed by atoms with Gasteiger partial charge in [0.15, 0.2) is 0 Å². The van der Waals surface area contributed by atoms with E-state index in [4.69, 9.17) is 4.74 Å². The number of carbonyl (C=O) groups is 3. The third-order valence-corrected chi connectivity index (χ3v) is 5.09. The van der Waals surface area contributed by atoms with Crippen LogP contribution in [-0.2, 0) is 16.1 Å². The molecule has 0 aromatic heterocycles. The molecule has 29 heavy (non-hydrogen) atoms. The smallest absolute Gasteiger partial charge is 0.294 e. The number of nitrogens with one attached hydrogen (secondary N) is 1. The third-order valence-electron chi connectivity index (χ3n) is 4.16. The van der Waals surface area contributed by atoms with Crippen molar-refractivity contribution >= 4 is 34.9 Å². The van der Waals surface area contributed by atoms with Crippen molar-refractivity contribution in [2.24, 2.45) is 0 Å². The number of thioether (sulfide) groups is 1. The van der Waals surface area contributed by atoms with Crippen molar-refractivity contribution in [1.82, 2.24) is 10.2 Å². The van der Waals surface area contributed by atoms with Crippen molar-refractivity contribution in [2.45, 2.75) is 6.54 Å². The van der Waals surface area contributed by atoms with Crippen molar-refractivity contribution in [1.29, 1.82) is 0 Å². The molecule has 0 atom stereocenters. The molecule has 3 amide bonds. The maximum atomic E-state index is 12.4. The molecule has 0 saturated carbocycles. The first-order valence-electron chi connectivity index (χ1n) is 8.93. The van der Waals surface area contributed by atoms with Gasteiger partial charge in [-0.05, 0) is 41.1 Å². The molecule has 7 heteroatoms. The fourth-order valence-electron chi connectivity index (χ4n) is 2.60. The largest absolute Gasteiger partial charge is 0.497 e. The second-order valence-corrected chi connectivity index (χ2v) is 7.18. The van der Waals surface area contributed by atoms with Crippen LogP contribution in [0, 0.1) is 0 Å². The number of imide groups is 1. The van der Waals surface area contributed by atoms with E-state index in [9.17, 15) is 14.4 Å². The molecule has 0 radical (unpaired) electrons. The number of rotatable bonds is 7. The molecule has 6 nitrogen and oxygen atoms in total. The Labute approximate surface area is 173 Å². The summed E-state index contributed by atoms with van der Waals surface area (Å²) in [4.78, 5) is 38.0. The standard InChI is InChI=1S/C22H20N2O4S/c1-28-18-12-10-17(11-13-18)14-23-20(25)15-24-21(26)19(29-22(24)27)9-5-8-16-6-3-2-4-7-16/h2-13H,14-15H2,1H3,(H,23,25)/b8-5+,19-9-. The van der Waals surface area contributed by atoms with E-state index in [0.29, 0.717) is 11.4 Å². The lowest BCUT2D eigenvalue weighted by molar-refractivity contribution is -0.129. The van der Waals surface area contributed by atoms with Crippen molar-refractivity contribution < 1.29 is 19.1 Å². The molecule has 1 saturated heterocycles. The summed E-state index contributed by atoms with van der Waals surface area (Å²) in [6.45, 7) is -0.00470. The van der Waals surface area contributed by atoms with Crippen LogP contribution in [0.5, 0.6) is 5.75 Å². The van der Waals surface area contributed by atoms with Gasteiger partial charge in [-0.25, -0.2) is 0 Å². The molecule has 2 aromatic carbocycles. The Bertz CT molecular complexity index is 953. The van der Waals surface area contributed by atoms with Crippen LogP contribution in [0.4, 0.5) is 4.79 Å². The first-order chi connectivity index (χ1) is 14.1. The second-order valence-electron chi connectivity index (χ2n) is 6.18. The van der Waals surface area contributed by atoms with Crippen molar-refractivity contribution in [3.05, 3.63) is 82.8 Å². The van der Waals surface area contributed by atoms with Gasteiger partial charge < -0.3 is 10.1 Å². The molecular formula is C22H20N2O4S. The van der Waals surface area contributed by atoms with Crippen LogP contribution >= 0.6 is 11.8 Å². The zero-order valence-electron chi connectivity index (χ0n) is 15.8. The Morgan fingerprint density at radius 2 is 1.83 bits per heavy atom. The van der Waals surface area contributed by atoms with Crippen LogP contribution in [0.25, 0.3) is 6.08 Å². The lowest BCUT2D eigenvalue weighted by Gasteiger charge is -2.12. The predicted octanol–water partition coefficient (Wildman–Crippen LogP) is 3.60. The SMILES string of the molecule is COc1ccc(CNC(=O)CN2C(=O)S/C(=C\C=C\c3ccccc3)C2=O)cc1. The number of hydrogen-bond donors (Lipinski definition) is 1. The highest BCUT2D eigenvalue weighted by Gasteiger charge is 2.35. The molecule has 1 fully saturated rings. The van der Waals surface area contributed by atoms with Gasteiger partial charge in [0.05, 0.1) is 12.0 Å². The van der Waals surface area contributed by atoms with Crippen molar-refractivity contribution in [2.75, 3.05) is 13.7 Å². The zero-order chi connectivity index (χ0) is 20.6. The maximum absolute atomic E-state index is 12.4. The van der Waals surface area contributed by atoms with Crippen LogP contribution in [0.1, 0.15) is 11.1 Å². The van der Waals surface area contributed by atoms with Gasteiger partial charge in [0.25, 0.3) is 11.1 Å². The van der Waals surface area contributed by atoms with Gasteiger partial charge in [0, 0.05) is 6.54 Å². The van der Waals surface area contributed by atoms with E-state index in [-0.39, 0.29) is 6.54 Å². The second kappa shape index (κ2) is 9.75. The number of hydrogen-bond acceptors (Lipinski definition) is 5. The average Bonchev–Trinajstić information content (AvgIpc) is 3.01. The predicted molar refractivity (Wildman–Crippen MR) is 113 cm³/mol. The molecule has 2 aromatic rings. The zero-order valence-corrected chi connectivity index (χ0v) is 16.6. The van der Waals surface area contributed by atoms with Gasteiger partial charge >= 0.3 is 0 Å². The summed E-state index contributed by atoms with van der Waals surface area (Å²) in [5.74, 6) is -0.132. The van der Waals surface area contributed by atoms with Crippen LogP contribution in [-0.4, -0.2) is 35.6 Å². The Morgan fingerprint density at radius 1 is 1.10 bits per heavy atom. The van der Waals surface area contributed by atoms with E-state index in [2.05, 4.69) is 5.32 Å².